The number of hydrogen-bond donors (Lipinski definition) is 1. The standard InChI is InChI=1S/C29H48O/c1-7-21(19(2)3)9-8-20(4)25-12-13-26-24-11-10-22-18-23(30)14-16-28(22,5)27(24)15-17-29(25,26)6/h7,10,19-20,23-27,30H,8-9,11-18H2,1-6H3/b21-7+/t20-,23+,24+,25?,26+,27+,28+,29-/m1/s1. The van der Waals surface area contributed by atoms with Crippen LogP contribution in [0.25, 0.3) is 0 Å². The molecule has 4 aliphatic rings. The van der Waals surface area contributed by atoms with Crippen molar-refractivity contribution in [3.8, 4) is 0 Å². The summed E-state index contributed by atoms with van der Waals surface area (Å²) < 4.78 is 0. The molecule has 1 heteroatoms. The number of hydrogen-bond acceptors (Lipinski definition) is 1. The topological polar surface area (TPSA) is 20.2 Å². The number of aliphatic hydroxyl groups is 1. The molecule has 0 aromatic heterocycles. The quantitative estimate of drug-likeness (QED) is 0.454. The minimum atomic E-state index is -0.0839. The second-order valence-corrected chi connectivity index (χ2v) is 12.4. The Morgan fingerprint density at radius 1 is 1.10 bits per heavy atom. The van der Waals surface area contributed by atoms with E-state index in [0.717, 1.165) is 42.4 Å². The molecule has 4 rings (SSSR count). The maximum absolute atomic E-state index is 10.2. The summed E-state index contributed by atoms with van der Waals surface area (Å²) >= 11 is 0. The average molecular weight is 413 g/mol. The van der Waals surface area contributed by atoms with Crippen molar-refractivity contribution in [3.63, 3.8) is 0 Å². The first-order valence-corrected chi connectivity index (χ1v) is 13.2. The lowest BCUT2D eigenvalue weighted by Gasteiger charge is -2.58. The Balaban J connectivity index is 1.49. The molecule has 3 saturated carbocycles. The maximum atomic E-state index is 10.2. The lowest BCUT2D eigenvalue weighted by molar-refractivity contribution is -0.0571. The number of fused-ring (bicyclic) bond motifs is 5. The smallest absolute Gasteiger partial charge is 0.0577 e. The monoisotopic (exact) mass is 412 g/mol. The van der Waals surface area contributed by atoms with Gasteiger partial charge in [0, 0.05) is 0 Å². The normalized spacial score (nSPS) is 44.9. The molecule has 0 bridgehead atoms. The Bertz CT molecular complexity index is 686. The highest BCUT2D eigenvalue weighted by Gasteiger charge is 2.59. The van der Waals surface area contributed by atoms with Gasteiger partial charge in [0.05, 0.1) is 6.10 Å². The highest BCUT2D eigenvalue weighted by molar-refractivity contribution is 5.25. The van der Waals surface area contributed by atoms with E-state index in [1.165, 1.54) is 51.4 Å². The number of aliphatic hydroxyl groups excluding tert-OH is 1. The van der Waals surface area contributed by atoms with Crippen LogP contribution in [0.3, 0.4) is 0 Å². The number of rotatable bonds is 5. The van der Waals surface area contributed by atoms with Gasteiger partial charge < -0.3 is 5.11 Å². The summed E-state index contributed by atoms with van der Waals surface area (Å²) in [4.78, 5) is 0. The minimum Gasteiger partial charge on any atom is -0.393 e. The molecule has 3 fully saturated rings. The number of allylic oxidation sites excluding steroid dienone is 3. The van der Waals surface area contributed by atoms with Crippen molar-refractivity contribution >= 4 is 0 Å². The van der Waals surface area contributed by atoms with Crippen LogP contribution >= 0.6 is 0 Å². The molecule has 0 aromatic carbocycles. The van der Waals surface area contributed by atoms with Crippen molar-refractivity contribution in [3.05, 3.63) is 23.3 Å². The third kappa shape index (κ3) is 3.66. The van der Waals surface area contributed by atoms with Gasteiger partial charge in [-0.3, -0.25) is 0 Å². The van der Waals surface area contributed by atoms with Crippen LogP contribution in [0.4, 0.5) is 0 Å². The van der Waals surface area contributed by atoms with Crippen molar-refractivity contribution in [1.29, 1.82) is 0 Å². The van der Waals surface area contributed by atoms with E-state index in [4.69, 9.17) is 0 Å². The lowest BCUT2D eigenvalue weighted by atomic mass is 9.47. The van der Waals surface area contributed by atoms with Crippen LogP contribution in [-0.2, 0) is 0 Å². The highest BCUT2D eigenvalue weighted by Crippen LogP contribution is 2.67. The van der Waals surface area contributed by atoms with Gasteiger partial charge in [0.1, 0.15) is 0 Å². The van der Waals surface area contributed by atoms with Gasteiger partial charge in [0.2, 0.25) is 0 Å². The molecule has 0 saturated heterocycles. The molecular formula is C29H48O. The highest BCUT2D eigenvalue weighted by atomic mass is 16.3. The van der Waals surface area contributed by atoms with Crippen LogP contribution in [0.15, 0.2) is 23.3 Å². The molecule has 0 aromatic rings. The molecule has 0 radical (unpaired) electrons. The molecule has 0 heterocycles. The fourth-order valence-electron chi connectivity index (χ4n) is 8.98. The second-order valence-electron chi connectivity index (χ2n) is 12.4. The van der Waals surface area contributed by atoms with Crippen LogP contribution < -0.4 is 0 Å². The Kier molecular flexibility index (Phi) is 6.35. The Morgan fingerprint density at radius 2 is 1.87 bits per heavy atom. The van der Waals surface area contributed by atoms with E-state index in [1.807, 2.05) is 0 Å². The third-order valence-electron chi connectivity index (χ3n) is 10.8. The zero-order valence-corrected chi connectivity index (χ0v) is 20.7. The van der Waals surface area contributed by atoms with Crippen molar-refractivity contribution in [2.75, 3.05) is 0 Å². The van der Waals surface area contributed by atoms with E-state index >= 15 is 0 Å². The zero-order valence-electron chi connectivity index (χ0n) is 20.7. The van der Waals surface area contributed by atoms with E-state index in [1.54, 1.807) is 11.1 Å². The summed E-state index contributed by atoms with van der Waals surface area (Å²) in [6, 6.07) is 0. The van der Waals surface area contributed by atoms with Crippen LogP contribution in [0.2, 0.25) is 0 Å². The van der Waals surface area contributed by atoms with E-state index in [0.29, 0.717) is 16.7 Å². The summed E-state index contributed by atoms with van der Waals surface area (Å²) in [5, 5.41) is 10.2. The van der Waals surface area contributed by atoms with Crippen molar-refractivity contribution in [2.45, 2.75) is 112 Å². The molecule has 8 atom stereocenters. The summed E-state index contributed by atoms with van der Waals surface area (Å²) in [5.74, 6) is 5.15. The predicted molar refractivity (Wildman–Crippen MR) is 128 cm³/mol. The van der Waals surface area contributed by atoms with Crippen LogP contribution in [0.5, 0.6) is 0 Å². The SMILES string of the molecule is C/C=C(\CC[C@@H](C)C1CC[C@H]2[C@@H]3CC=C4C[C@@H](O)CC[C@]4(C)[C@H]3CC[C@]12C)C(C)C. The Labute approximate surface area is 186 Å². The van der Waals surface area contributed by atoms with Gasteiger partial charge in [-0.25, -0.2) is 0 Å². The van der Waals surface area contributed by atoms with Gasteiger partial charge in [-0.2, -0.15) is 0 Å². The molecule has 1 N–H and O–H groups in total. The molecule has 0 amide bonds. The van der Waals surface area contributed by atoms with Gasteiger partial charge in [0.15, 0.2) is 0 Å². The van der Waals surface area contributed by atoms with Crippen LogP contribution in [-0.4, -0.2) is 11.2 Å². The van der Waals surface area contributed by atoms with E-state index in [9.17, 15) is 5.11 Å². The molecule has 170 valence electrons. The summed E-state index contributed by atoms with van der Waals surface area (Å²) in [6.45, 7) is 14.7. The summed E-state index contributed by atoms with van der Waals surface area (Å²) in [6.07, 6.45) is 17.8. The van der Waals surface area contributed by atoms with Gasteiger partial charge in [-0.1, -0.05) is 57.9 Å². The third-order valence-corrected chi connectivity index (χ3v) is 10.8. The summed E-state index contributed by atoms with van der Waals surface area (Å²) in [5.41, 5.74) is 4.21. The van der Waals surface area contributed by atoms with Gasteiger partial charge >= 0.3 is 0 Å². The first kappa shape index (κ1) is 22.6. The maximum Gasteiger partial charge on any atom is 0.0577 e. The molecular weight excluding hydrogens is 364 g/mol. The van der Waals surface area contributed by atoms with E-state index in [2.05, 4.69) is 53.7 Å². The van der Waals surface area contributed by atoms with Crippen LogP contribution in [0.1, 0.15) is 106 Å². The largest absolute Gasteiger partial charge is 0.393 e. The molecule has 0 spiro atoms. The van der Waals surface area contributed by atoms with Gasteiger partial charge in [0.25, 0.3) is 0 Å². The second kappa shape index (κ2) is 8.42. The predicted octanol–water partition coefficient (Wildman–Crippen LogP) is 7.94. The minimum absolute atomic E-state index is 0.0839. The Hall–Kier alpha value is -0.560. The first-order valence-electron chi connectivity index (χ1n) is 13.2. The molecule has 0 aliphatic heterocycles. The van der Waals surface area contributed by atoms with Crippen molar-refractivity contribution in [1.82, 2.24) is 0 Å². The van der Waals surface area contributed by atoms with Crippen LogP contribution in [0, 0.1) is 46.3 Å². The first-order chi connectivity index (χ1) is 14.2. The van der Waals surface area contributed by atoms with Crippen molar-refractivity contribution < 1.29 is 5.11 Å². The fourth-order valence-corrected chi connectivity index (χ4v) is 8.98. The lowest BCUT2D eigenvalue weighted by Crippen LogP contribution is -2.50. The zero-order chi connectivity index (χ0) is 21.7. The molecule has 4 aliphatic carbocycles. The summed E-state index contributed by atoms with van der Waals surface area (Å²) in [7, 11) is 0. The van der Waals surface area contributed by atoms with E-state index < -0.39 is 0 Å². The van der Waals surface area contributed by atoms with Gasteiger partial charge in [-0.15, -0.1) is 0 Å². The van der Waals surface area contributed by atoms with Crippen molar-refractivity contribution in [2.24, 2.45) is 46.3 Å². The molecule has 30 heavy (non-hydrogen) atoms. The molecule has 1 nitrogen and oxygen atoms in total. The van der Waals surface area contributed by atoms with E-state index in [-0.39, 0.29) is 6.10 Å². The van der Waals surface area contributed by atoms with Gasteiger partial charge in [-0.05, 0) is 117 Å². The fraction of sp³-hybridized carbons (Fsp3) is 0.862. The average Bonchev–Trinajstić information content (AvgIpc) is 3.06. The molecule has 1 unspecified atom stereocenters. The Morgan fingerprint density at radius 3 is 2.57 bits per heavy atom.